The first kappa shape index (κ1) is 22.3. The lowest BCUT2D eigenvalue weighted by molar-refractivity contribution is 0.248. The predicted octanol–water partition coefficient (Wildman–Crippen LogP) is 2.26. The number of aliphatic hydroxyl groups is 1. The molecule has 0 amide bonds. The highest BCUT2D eigenvalue weighted by Crippen LogP contribution is 2.33. The van der Waals surface area contributed by atoms with Crippen LogP contribution in [0, 0.1) is 5.92 Å². The molecule has 1 atom stereocenters. The third-order valence-electron chi connectivity index (χ3n) is 4.96. The Morgan fingerprint density at radius 2 is 1.84 bits per heavy atom. The van der Waals surface area contributed by atoms with Gasteiger partial charge in [0.1, 0.15) is 5.75 Å². The highest BCUT2D eigenvalue weighted by Gasteiger charge is 2.20. The number of fused-ring (bicyclic) bond motifs is 1. The molecule has 2 heterocycles. The molecule has 2 aromatic heterocycles. The van der Waals surface area contributed by atoms with Crippen molar-refractivity contribution in [2.45, 2.75) is 46.3 Å². The third-order valence-corrected chi connectivity index (χ3v) is 4.96. The fraction of sp³-hybridized carbons (Fsp3) is 0.500. The molecule has 3 aromatic rings. The van der Waals surface area contributed by atoms with Gasteiger partial charge in [0.05, 0.1) is 25.8 Å². The number of ether oxygens (including phenoxy) is 1. The quantitative estimate of drug-likeness (QED) is 0.319. The van der Waals surface area contributed by atoms with Gasteiger partial charge in [-0.05, 0) is 25.8 Å². The summed E-state index contributed by atoms with van der Waals surface area (Å²) in [5, 5.41) is 44.6. The van der Waals surface area contributed by atoms with E-state index in [0.29, 0.717) is 28.5 Å². The average molecular weight is 431 g/mol. The number of benzene rings is 1. The summed E-state index contributed by atoms with van der Waals surface area (Å²) in [4.78, 5) is 9.07. The zero-order valence-electron chi connectivity index (χ0n) is 18.3. The molecule has 5 N–H and O–H groups in total. The fourth-order valence-corrected chi connectivity index (χ4v) is 3.04. The maximum atomic E-state index is 10.2. The Bertz CT molecular complexity index is 1050. The Labute approximate surface area is 180 Å². The van der Waals surface area contributed by atoms with Crippen molar-refractivity contribution in [2.24, 2.45) is 5.92 Å². The lowest BCUT2D eigenvalue weighted by atomic mass is 10.1. The van der Waals surface area contributed by atoms with Gasteiger partial charge in [-0.2, -0.15) is 9.97 Å². The van der Waals surface area contributed by atoms with Gasteiger partial charge >= 0.3 is 0 Å². The van der Waals surface area contributed by atoms with Crippen LogP contribution < -0.4 is 15.4 Å². The van der Waals surface area contributed by atoms with E-state index < -0.39 is 0 Å². The monoisotopic (exact) mass is 431 g/mol. The lowest BCUT2D eigenvalue weighted by Gasteiger charge is -2.20. The molecule has 0 saturated heterocycles. The van der Waals surface area contributed by atoms with Gasteiger partial charge < -0.3 is 30.7 Å². The number of hydrogen-bond acceptors (Lipinski definition) is 10. The zero-order chi connectivity index (χ0) is 22.7. The van der Waals surface area contributed by atoms with Gasteiger partial charge in [0, 0.05) is 18.2 Å². The molecular weight excluding hydrogens is 402 g/mol. The number of nitrogens with zero attached hydrogens (tertiary/aromatic N) is 5. The maximum absolute atomic E-state index is 10.2. The van der Waals surface area contributed by atoms with E-state index >= 15 is 0 Å². The SMILES string of the molecule is COc1cc(O)c(CNc2nc(N[C@@H](CO)C(C)C)nc3c2nnn3C(C)C)cc1O. The molecule has 0 aliphatic carbocycles. The first-order valence-corrected chi connectivity index (χ1v) is 10.1. The van der Waals surface area contributed by atoms with Crippen molar-refractivity contribution in [3.63, 3.8) is 0 Å². The van der Waals surface area contributed by atoms with Crippen molar-refractivity contribution in [1.82, 2.24) is 25.0 Å². The zero-order valence-corrected chi connectivity index (χ0v) is 18.3. The van der Waals surface area contributed by atoms with E-state index in [0.717, 1.165) is 0 Å². The van der Waals surface area contributed by atoms with Crippen LogP contribution in [0.15, 0.2) is 12.1 Å². The van der Waals surface area contributed by atoms with E-state index in [2.05, 4.69) is 30.9 Å². The summed E-state index contributed by atoms with van der Waals surface area (Å²) in [6.45, 7) is 8.02. The van der Waals surface area contributed by atoms with Crippen molar-refractivity contribution in [3.05, 3.63) is 17.7 Å². The summed E-state index contributed by atoms with van der Waals surface area (Å²) in [5.74, 6) is 0.967. The molecule has 0 unspecified atom stereocenters. The summed E-state index contributed by atoms with van der Waals surface area (Å²) in [7, 11) is 1.41. The minimum Gasteiger partial charge on any atom is -0.507 e. The van der Waals surface area contributed by atoms with Crippen molar-refractivity contribution < 1.29 is 20.1 Å². The van der Waals surface area contributed by atoms with Crippen molar-refractivity contribution in [3.8, 4) is 17.2 Å². The number of phenolic OH excluding ortho intramolecular Hbond substituents is 2. The Morgan fingerprint density at radius 3 is 2.45 bits per heavy atom. The molecule has 0 aliphatic heterocycles. The predicted molar refractivity (Wildman–Crippen MR) is 116 cm³/mol. The number of anilines is 2. The van der Waals surface area contributed by atoms with Crippen LogP contribution in [-0.2, 0) is 6.54 Å². The van der Waals surface area contributed by atoms with E-state index in [1.165, 1.54) is 19.2 Å². The molecular formula is C20H29N7O4. The van der Waals surface area contributed by atoms with Crippen LogP contribution in [0.2, 0.25) is 0 Å². The van der Waals surface area contributed by atoms with E-state index in [1.807, 2.05) is 27.7 Å². The number of rotatable bonds is 9. The molecule has 0 saturated carbocycles. The minimum absolute atomic E-state index is 0.0296. The van der Waals surface area contributed by atoms with Crippen LogP contribution in [-0.4, -0.2) is 60.0 Å². The van der Waals surface area contributed by atoms with Crippen molar-refractivity contribution in [2.75, 3.05) is 24.4 Å². The molecule has 31 heavy (non-hydrogen) atoms. The highest BCUT2D eigenvalue weighted by molar-refractivity contribution is 5.83. The van der Waals surface area contributed by atoms with Crippen LogP contribution in [0.5, 0.6) is 17.2 Å². The summed E-state index contributed by atoms with van der Waals surface area (Å²) < 4.78 is 6.70. The standard InChI is InChI=1S/C20H29N7O4/c1-10(2)13(9-28)22-20-23-18(17-19(24-20)27(11(3)4)26-25-17)21-8-12-6-15(30)16(31-5)7-14(12)29/h6-7,10-11,13,28-30H,8-9H2,1-5H3,(H2,21,22,23,24)/t13-/m0/s1. The van der Waals surface area contributed by atoms with Crippen molar-refractivity contribution in [1.29, 1.82) is 0 Å². The number of phenols is 2. The van der Waals surface area contributed by atoms with Crippen LogP contribution >= 0.6 is 0 Å². The number of aliphatic hydroxyl groups excluding tert-OH is 1. The summed E-state index contributed by atoms with van der Waals surface area (Å²) in [6, 6.07) is 2.57. The molecule has 0 fully saturated rings. The maximum Gasteiger partial charge on any atom is 0.227 e. The van der Waals surface area contributed by atoms with E-state index in [1.54, 1.807) is 4.68 Å². The number of aromatic hydroxyl groups is 2. The summed E-state index contributed by atoms with van der Waals surface area (Å²) in [5.41, 5.74) is 1.46. The first-order valence-electron chi connectivity index (χ1n) is 10.1. The second-order valence-electron chi connectivity index (χ2n) is 7.88. The van der Waals surface area contributed by atoms with Crippen LogP contribution in [0.25, 0.3) is 11.2 Å². The Balaban J connectivity index is 1.97. The minimum atomic E-state index is -0.226. The second-order valence-corrected chi connectivity index (χ2v) is 7.88. The number of hydrogen-bond donors (Lipinski definition) is 5. The number of aromatic nitrogens is 5. The summed E-state index contributed by atoms with van der Waals surface area (Å²) >= 11 is 0. The Morgan fingerprint density at radius 1 is 1.10 bits per heavy atom. The van der Waals surface area contributed by atoms with E-state index in [-0.39, 0.29) is 48.4 Å². The second kappa shape index (κ2) is 9.21. The van der Waals surface area contributed by atoms with Crippen molar-refractivity contribution >= 4 is 22.9 Å². The Kier molecular flexibility index (Phi) is 6.64. The van der Waals surface area contributed by atoms with Gasteiger partial charge in [-0.3, -0.25) is 0 Å². The third kappa shape index (κ3) is 4.71. The van der Waals surface area contributed by atoms with Gasteiger partial charge in [-0.1, -0.05) is 19.1 Å². The van der Waals surface area contributed by atoms with Crippen LogP contribution in [0.3, 0.4) is 0 Å². The molecule has 11 heteroatoms. The van der Waals surface area contributed by atoms with Crippen LogP contribution in [0.4, 0.5) is 11.8 Å². The molecule has 1 aromatic carbocycles. The molecule has 0 spiro atoms. The van der Waals surface area contributed by atoms with Gasteiger partial charge in [-0.25, -0.2) is 4.68 Å². The molecule has 0 bridgehead atoms. The van der Waals surface area contributed by atoms with E-state index in [9.17, 15) is 15.3 Å². The number of nitrogens with one attached hydrogen (secondary N) is 2. The van der Waals surface area contributed by atoms with E-state index in [4.69, 9.17) is 4.74 Å². The van der Waals surface area contributed by atoms with Gasteiger partial charge in [-0.15, -0.1) is 5.10 Å². The molecule has 11 nitrogen and oxygen atoms in total. The molecule has 0 aliphatic rings. The normalized spacial score (nSPS) is 12.5. The largest absolute Gasteiger partial charge is 0.507 e. The first-order chi connectivity index (χ1) is 14.7. The number of methoxy groups -OCH3 is 1. The lowest BCUT2D eigenvalue weighted by Crippen LogP contribution is -2.30. The smallest absolute Gasteiger partial charge is 0.227 e. The molecule has 3 rings (SSSR count). The summed E-state index contributed by atoms with van der Waals surface area (Å²) in [6.07, 6.45) is 0. The van der Waals surface area contributed by atoms with Gasteiger partial charge in [0.2, 0.25) is 5.95 Å². The fourth-order valence-electron chi connectivity index (χ4n) is 3.04. The average Bonchev–Trinajstić information content (AvgIpc) is 3.16. The molecule has 0 radical (unpaired) electrons. The highest BCUT2D eigenvalue weighted by atomic mass is 16.5. The van der Waals surface area contributed by atoms with Gasteiger partial charge in [0.25, 0.3) is 0 Å². The van der Waals surface area contributed by atoms with Gasteiger partial charge in [0.15, 0.2) is 28.5 Å². The Hall–Kier alpha value is -3.34. The van der Waals surface area contributed by atoms with Crippen LogP contribution in [0.1, 0.15) is 39.3 Å². The molecule has 168 valence electrons. The topological polar surface area (TPSA) is 150 Å².